The van der Waals surface area contributed by atoms with E-state index in [-0.39, 0.29) is 17.5 Å². The van der Waals surface area contributed by atoms with E-state index >= 15 is 0 Å². The SMILES string of the molecule is Cc1cc(C)c(B2C(Br)=CC([N+](=O)[O-])=CN2C)c(C)c1. The van der Waals surface area contributed by atoms with Gasteiger partial charge in [-0.05, 0) is 37.7 Å². The van der Waals surface area contributed by atoms with E-state index in [1.54, 1.807) is 12.3 Å². The first-order valence-electron chi connectivity index (χ1n) is 6.34. The number of allylic oxidation sites excluding steroid dienone is 1. The van der Waals surface area contributed by atoms with Gasteiger partial charge in [0.2, 0.25) is 0 Å². The maximum atomic E-state index is 10.9. The molecule has 1 aliphatic rings. The van der Waals surface area contributed by atoms with Crippen LogP contribution in [0.1, 0.15) is 16.7 Å². The van der Waals surface area contributed by atoms with Gasteiger partial charge in [0.1, 0.15) is 0 Å². The summed E-state index contributed by atoms with van der Waals surface area (Å²) in [6.45, 7) is 6.22. The lowest BCUT2D eigenvalue weighted by atomic mass is 9.51. The predicted molar refractivity (Wildman–Crippen MR) is 85.9 cm³/mol. The molecule has 4 nitrogen and oxygen atoms in total. The van der Waals surface area contributed by atoms with Crippen LogP contribution in [0.3, 0.4) is 0 Å². The van der Waals surface area contributed by atoms with E-state index in [1.807, 2.05) is 11.9 Å². The van der Waals surface area contributed by atoms with E-state index in [0.717, 1.165) is 4.38 Å². The lowest BCUT2D eigenvalue weighted by Gasteiger charge is -2.28. The summed E-state index contributed by atoms with van der Waals surface area (Å²) in [5.41, 5.74) is 4.91. The number of benzene rings is 1. The number of hydrogen-bond acceptors (Lipinski definition) is 3. The number of nitro groups is 1. The molecule has 0 saturated heterocycles. The Morgan fingerprint density at radius 3 is 2.25 bits per heavy atom. The summed E-state index contributed by atoms with van der Waals surface area (Å²) in [5.74, 6) is 0. The van der Waals surface area contributed by atoms with Crippen LogP contribution in [0.2, 0.25) is 0 Å². The molecule has 1 aromatic carbocycles. The monoisotopic (exact) mass is 334 g/mol. The number of aryl methyl sites for hydroxylation is 3. The molecular weight excluding hydrogens is 319 g/mol. The van der Waals surface area contributed by atoms with Gasteiger partial charge in [-0.1, -0.05) is 44.8 Å². The van der Waals surface area contributed by atoms with E-state index in [2.05, 4.69) is 48.8 Å². The molecule has 2 rings (SSSR count). The summed E-state index contributed by atoms with van der Waals surface area (Å²) in [6.07, 6.45) is 3.16. The Hall–Kier alpha value is -1.56. The molecule has 0 N–H and O–H groups in total. The van der Waals surface area contributed by atoms with Crippen molar-refractivity contribution in [3.05, 3.63) is 61.3 Å². The van der Waals surface area contributed by atoms with E-state index in [4.69, 9.17) is 0 Å². The minimum absolute atomic E-state index is 0.0145. The van der Waals surface area contributed by atoms with Crippen LogP contribution < -0.4 is 5.46 Å². The van der Waals surface area contributed by atoms with Crippen molar-refractivity contribution in [2.45, 2.75) is 20.8 Å². The fraction of sp³-hybridized carbons (Fsp3) is 0.286. The van der Waals surface area contributed by atoms with Gasteiger partial charge in [0, 0.05) is 6.08 Å². The molecule has 1 aliphatic heterocycles. The molecule has 0 fully saturated rings. The van der Waals surface area contributed by atoms with Gasteiger partial charge in [-0.15, -0.1) is 0 Å². The maximum absolute atomic E-state index is 10.9. The Morgan fingerprint density at radius 2 is 1.80 bits per heavy atom. The molecule has 0 atom stereocenters. The van der Waals surface area contributed by atoms with Gasteiger partial charge in [0.15, 0.2) is 0 Å². The molecule has 1 heterocycles. The molecule has 0 spiro atoms. The third-order valence-electron chi connectivity index (χ3n) is 3.51. The van der Waals surface area contributed by atoms with Crippen molar-refractivity contribution >= 4 is 28.2 Å². The summed E-state index contributed by atoms with van der Waals surface area (Å²) >= 11 is 3.50. The zero-order valence-electron chi connectivity index (χ0n) is 12.0. The summed E-state index contributed by atoms with van der Waals surface area (Å²) in [7, 11) is 1.86. The minimum Gasteiger partial charge on any atom is -0.410 e. The fourth-order valence-corrected chi connectivity index (χ4v) is 3.59. The van der Waals surface area contributed by atoms with Gasteiger partial charge < -0.3 is 4.81 Å². The molecule has 20 heavy (non-hydrogen) atoms. The van der Waals surface area contributed by atoms with E-state index in [9.17, 15) is 10.1 Å². The highest BCUT2D eigenvalue weighted by Crippen LogP contribution is 2.23. The Kier molecular flexibility index (Phi) is 4.04. The fourth-order valence-electron chi connectivity index (χ4n) is 2.80. The van der Waals surface area contributed by atoms with Crippen molar-refractivity contribution in [3.8, 4) is 0 Å². The van der Waals surface area contributed by atoms with E-state index in [0.29, 0.717) is 0 Å². The van der Waals surface area contributed by atoms with Crippen LogP contribution in [-0.2, 0) is 0 Å². The Morgan fingerprint density at radius 1 is 1.25 bits per heavy atom. The first-order chi connectivity index (χ1) is 9.31. The summed E-state index contributed by atoms with van der Waals surface area (Å²) in [6, 6.07) is 4.28. The van der Waals surface area contributed by atoms with Crippen LogP contribution in [0.5, 0.6) is 0 Å². The van der Waals surface area contributed by atoms with Crippen LogP contribution in [-0.4, -0.2) is 23.6 Å². The minimum atomic E-state index is -0.372. The smallest absolute Gasteiger partial charge is 0.331 e. The Balaban J connectivity index is 2.51. The van der Waals surface area contributed by atoms with Crippen molar-refractivity contribution in [3.63, 3.8) is 0 Å². The van der Waals surface area contributed by atoms with Crippen LogP contribution in [0.25, 0.3) is 0 Å². The zero-order chi connectivity index (χ0) is 15.0. The summed E-state index contributed by atoms with van der Waals surface area (Å²) in [5, 5.41) is 10.9. The quantitative estimate of drug-likeness (QED) is 0.474. The van der Waals surface area contributed by atoms with Crippen LogP contribution >= 0.6 is 15.9 Å². The maximum Gasteiger partial charge on any atom is 0.331 e. The Labute approximate surface area is 127 Å². The van der Waals surface area contributed by atoms with Crippen LogP contribution in [0.4, 0.5) is 0 Å². The zero-order valence-corrected chi connectivity index (χ0v) is 13.6. The molecule has 104 valence electrons. The van der Waals surface area contributed by atoms with Crippen molar-refractivity contribution in [1.82, 2.24) is 4.81 Å². The molecule has 1 aromatic rings. The molecule has 0 radical (unpaired) electrons. The van der Waals surface area contributed by atoms with Gasteiger partial charge in [-0.25, -0.2) is 0 Å². The van der Waals surface area contributed by atoms with Gasteiger partial charge in [-0.3, -0.25) is 10.1 Å². The third-order valence-corrected chi connectivity index (χ3v) is 4.18. The predicted octanol–water partition coefficient (Wildman–Crippen LogP) is 2.69. The van der Waals surface area contributed by atoms with E-state index < -0.39 is 0 Å². The van der Waals surface area contributed by atoms with Gasteiger partial charge in [0.25, 0.3) is 5.70 Å². The van der Waals surface area contributed by atoms with Crippen molar-refractivity contribution < 1.29 is 4.92 Å². The molecule has 0 bridgehead atoms. The van der Waals surface area contributed by atoms with Crippen LogP contribution in [0.15, 0.2) is 34.5 Å². The van der Waals surface area contributed by atoms with Crippen molar-refractivity contribution in [2.75, 3.05) is 7.05 Å². The molecule has 0 aliphatic carbocycles. The standard InChI is InChI=1S/C14H16BBrN2O2/c1-9-5-10(2)14(11(3)6-9)15-13(16)7-12(18(19)20)8-17(15)4/h5-8H,1-4H3. The van der Waals surface area contributed by atoms with Crippen LogP contribution in [0, 0.1) is 30.9 Å². The molecule has 0 aromatic heterocycles. The molecule has 0 saturated carbocycles. The summed E-state index contributed by atoms with van der Waals surface area (Å²) < 4.78 is 0.809. The normalized spacial score (nSPS) is 15.1. The molecule has 6 heteroatoms. The topological polar surface area (TPSA) is 46.4 Å². The van der Waals surface area contributed by atoms with Gasteiger partial charge >= 0.3 is 6.85 Å². The molecular formula is C14H16BBrN2O2. The lowest BCUT2D eigenvalue weighted by molar-refractivity contribution is -0.419. The average molecular weight is 335 g/mol. The second-order valence-corrected chi connectivity index (χ2v) is 6.14. The van der Waals surface area contributed by atoms with E-state index in [1.165, 1.54) is 22.2 Å². The van der Waals surface area contributed by atoms with Crippen molar-refractivity contribution in [1.29, 1.82) is 0 Å². The third kappa shape index (κ3) is 2.65. The number of nitrogens with zero attached hydrogens (tertiary/aromatic N) is 2. The average Bonchev–Trinajstić information content (AvgIpc) is 2.30. The number of rotatable bonds is 2. The van der Waals surface area contributed by atoms with Gasteiger partial charge in [-0.2, -0.15) is 0 Å². The highest BCUT2D eigenvalue weighted by Gasteiger charge is 2.33. The van der Waals surface area contributed by atoms with Gasteiger partial charge in [0.05, 0.1) is 11.1 Å². The number of hydrogen-bond donors (Lipinski definition) is 0. The second-order valence-electron chi connectivity index (χ2n) is 5.22. The summed E-state index contributed by atoms with van der Waals surface area (Å²) in [4.78, 5) is 12.4. The second kappa shape index (κ2) is 5.44. The first kappa shape index (κ1) is 14.8. The molecule has 0 amide bonds. The highest BCUT2D eigenvalue weighted by atomic mass is 79.9. The Bertz CT molecular complexity index is 617. The van der Waals surface area contributed by atoms with Crippen molar-refractivity contribution in [2.24, 2.45) is 0 Å². The largest absolute Gasteiger partial charge is 0.410 e. The number of halogens is 1. The highest BCUT2D eigenvalue weighted by molar-refractivity contribution is 9.12. The first-order valence-corrected chi connectivity index (χ1v) is 7.13. The lowest BCUT2D eigenvalue weighted by Crippen LogP contribution is -2.48. The molecule has 0 unspecified atom stereocenters.